The molecule has 0 aliphatic carbocycles. The number of aliphatic imine (C=N–C) groups is 1. The molecule has 0 N–H and O–H groups in total. The first-order valence-corrected chi connectivity index (χ1v) is 9.18. The molecule has 2 aromatic rings. The molecular formula is C20H22Br2N2O. The van der Waals surface area contributed by atoms with Crippen molar-refractivity contribution in [2.45, 2.75) is 25.7 Å². The van der Waals surface area contributed by atoms with Gasteiger partial charge in [-0.3, -0.25) is 9.79 Å². The van der Waals surface area contributed by atoms with Crippen molar-refractivity contribution in [3.05, 3.63) is 64.6 Å². The van der Waals surface area contributed by atoms with E-state index in [2.05, 4.69) is 20.8 Å². The maximum Gasteiger partial charge on any atom is 0.182 e. The fraction of sp³-hybridized carbons (Fsp3) is 0.300. The number of hydrogen-bond donors (Lipinski definition) is 0. The first kappa shape index (κ1) is 19.9. The van der Waals surface area contributed by atoms with E-state index in [1.54, 1.807) is 0 Å². The van der Waals surface area contributed by atoms with E-state index in [1.807, 2.05) is 54.6 Å². The lowest BCUT2D eigenvalue weighted by molar-refractivity contribution is 0.100. The standard InChI is InChI=1S/C20H21BrN2O.BrH/c21-17-12-10-16(11-13-17)19(24)15-23(18-7-3-1-4-8-18)20-9-5-2-6-14-22-20;/h1,3-4,7-8,10-13H,2,5-6,9,14-15H2;1H. The van der Waals surface area contributed by atoms with Crippen LogP contribution in [0.5, 0.6) is 0 Å². The van der Waals surface area contributed by atoms with Crippen LogP contribution in [0, 0.1) is 0 Å². The number of benzene rings is 2. The van der Waals surface area contributed by atoms with Gasteiger partial charge < -0.3 is 4.90 Å². The number of ketones is 1. The van der Waals surface area contributed by atoms with Gasteiger partial charge in [-0.2, -0.15) is 0 Å². The molecule has 25 heavy (non-hydrogen) atoms. The molecule has 2 aromatic carbocycles. The zero-order valence-electron chi connectivity index (χ0n) is 14.0. The van der Waals surface area contributed by atoms with Crippen LogP contribution in [0.3, 0.4) is 0 Å². The topological polar surface area (TPSA) is 32.7 Å². The van der Waals surface area contributed by atoms with Crippen molar-refractivity contribution >= 4 is 50.2 Å². The average Bonchev–Trinajstić information content (AvgIpc) is 2.90. The summed E-state index contributed by atoms with van der Waals surface area (Å²) in [5.41, 5.74) is 1.76. The van der Waals surface area contributed by atoms with E-state index in [1.165, 1.54) is 6.42 Å². The summed E-state index contributed by atoms with van der Waals surface area (Å²) < 4.78 is 0.979. The van der Waals surface area contributed by atoms with E-state index in [0.29, 0.717) is 6.54 Å². The van der Waals surface area contributed by atoms with Crippen LogP contribution in [-0.4, -0.2) is 24.7 Å². The van der Waals surface area contributed by atoms with E-state index in [-0.39, 0.29) is 22.8 Å². The van der Waals surface area contributed by atoms with E-state index in [9.17, 15) is 4.79 Å². The number of para-hydroxylation sites is 1. The van der Waals surface area contributed by atoms with Gasteiger partial charge in [0.25, 0.3) is 0 Å². The second-order valence-electron chi connectivity index (χ2n) is 5.96. The number of Topliss-reactive ketones (excluding diaryl/α,β-unsaturated/α-hetero) is 1. The third kappa shape index (κ3) is 5.51. The highest BCUT2D eigenvalue weighted by Gasteiger charge is 2.19. The number of anilines is 1. The van der Waals surface area contributed by atoms with Gasteiger partial charge in [-0.05, 0) is 37.1 Å². The Balaban J connectivity index is 0.00000225. The minimum absolute atomic E-state index is 0. The van der Waals surface area contributed by atoms with Crippen LogP contribution in [-0.2, 0) is 0 Å². The monoisotopic (exact) mass is 464 g/mol. The van der Waals surface area contributed by atoms with Gasteiger partial charge in [0.1, 0.15) is 5.84 Å². The van der Waals surface area contributed by atoms with Gasteiger partial charge in [0.2, 0.25) is 0 Å². The second kappa shape index (κ2) is 9.88. The fourth-order valence-electron chi connectivity index (χ4n) is 2.89. The van der Waals surface area contributed by atoms with Crippen LogP contribution in [0.2, 0.25) is 0 Å². The van der Waals surface area contributed by atoms with Crippen molar-refractivity contribution in [2.75, 3.05) is 18.0 Å². The van der Waals surface area contributed by atoms with Gasteiger partial charge in [0.15, 0.2) is 5.78 Å². The zero-order chi connectivity index (χ0) is 16.8. The number of hydrogen-bond acceptors (Lipinski definition) is 3. The third-order valence-corrected chi connectivity index (χ3v) is 4.73. The summed E-state index contributed by atoms with van der Waals surface area (Å²) in [4.78, 5) is 19.6. The molecule has 0 radical (unpaired) electrons. The molecule has 1 aliphatic rings. The normalized spacial score (nSPS) is 14.0. The number of rotatable bonds is 4. The smallest absolute Gasteiger partial charge is 0.182 e. The molecule has 5 heteroatoms. The predicted molar refractivity (Wildman–Crippen MR) is 113 cm³/mol. The quantitative estimate of drug-likeness (QED) is 0.543. The molecule has 0 aromatic heterocycles. The maximum atomic E-state index is 12.8. The van der Waals surface area contributed by atoms with Crippen molar-refractivity contribution in [1.29, 1.82) is 0 Å². The molecule has 3 nitrogen and oxygen atoms in total. The van der Waals surface area contributed by atoms with Gasteiger partial charge in [-0.15, -0.1) is 17.0 Å². The Kier molecular flexibility index (Phi) is 7.85. The Morgan fingerprint density at radius 2 is 1.72 bits per heavy atom. The second-order valence-corrected chi connectivity index (χ2v) is 6.88. The molecule has 0 amide bonds. The van der Waals surface area contributed by atoms with Gasteiger partial charge in [-0.1, -0.05) is 52.7 Å². The first-order chi connectivity index (χ1) is 11.7. The highest BCUT2D eigenvalue weighted by Crippen LogP contribution is 2.20. The summed E-state index contributed by atoms with van der Waals surface area (Å²) >= 11 is 3.41. The maximum absolute atomic E-state index is 12.8. The molecule has 0 spiro atoms. The van der Waals surface area contributed by atoms with Crippen LogP contribution >= 0.6 is 32.9 Å². The molecule has 0 atom stereocenters. The Morgan fingerprint density at radius 1 is 1.00 bits per heavy atom. The van der Waals surface area contributed by atoms with Crippen molar-refractivity contribution in [3.63, 3.8) is 0 Å². The van der Waals surface area contributed by atoms with Crippen molar-refractivity contribution in [1.82, 2.24) is 0 Å². The first-order valence-electron chi connectivity index (χ1n) is 8.39. The Morgan fingerprint density at radius 3 is 2.44 bits per heavy atom. The van der Waals surface area contributed by atoms with Gasteiger partial charge in [-0.25, -0.2) is 0 Å². The van der Waals surface area contributed by atoms with E-state index < -0.39 is 0 Å². The summed E-state index contributed by atoms with van der Waals surface area (Å²) in [7, 11) is 0. The van der Waals surface area contributed by atoms with E-state index in [4.69, 9.17) is 4.99 Å². The molecule has 0 bridgehead atoms. The lowest BCUT2D eigenvalue weighted by atomic mass is 10.1. The average molecular weight is 466 g/mol. The molecule has 0 unspecified atom stereocenters. The predicted octanol–water partition coefficient (Wildman–Crippen LogP) is 5.69. The van der Waals surface area contributed by atoms with Gasteiger partial charge in [0, 0.05) is 28.7 Å². The number of nitrogens with zero attached hydrogens (tertiary/aromatic N) is 2. The molecule has 132 valence electrons. The number of halogens is 2. The highest BCUT2D eigenvalue weighted by atomic mass is 79.9. The molecular weight excluding hydrogens is 444 g/mol. The van der Waals surface area contributed by atoms with Crippen molar-refractivity contribution < 1.29 is 4.79 Å². The van der Waals surface area contributed by atoms with E-state index in [0.717, 1.165) is 47.4 Å². The minimum atomic E-state index is 0. The zero-order valence-corrected chi connectivity index (χ0v) is 17.3. The Bertz CT molecular complexity index is 714. The van der Waals surface area contributed by atoms with Crippen molar-refractivity contribution in [3.8, 4) is 0 Å². The lowest BCUT2D eigenvalue weighted by Gasteiger charge is -2.25. The summed E-state index contributed by atoms with van der Waals surface area (Å²) in [5.74, 6) is 1.14. The lowest BCUT2D eigenvalue weighted by Crippen LogP contribution is -2.35. The van der Waals surface area contributed by atoms with Crippen LogP contribution < -0.4 is 4.90 Å². The minimum Gasteiger partial charge on any atom is -0.322 e. The van der Waals surface area contributed by atoms with Crippen molar-refractivity contribution in [2.24, 2.45) is 4.99 Å². The van der Waals surface area contributed by atoms with Crippen LogP contribution in [0.25, 0.3) is 0 Å². The molecule has 1 heterocycles. The molecule has 0 saturated carbocycles. The SMILES string of the molecule is Br.O=C(CN(C1=NCCCCC1)c1ccccc1)c1ccc(Br)cc1. The number of carbonyl (C=O) groups is 1. The fourth-order valence-corrected chi connectivity index (χ4v) is 3.15. The summed E-state index contributed by atoms with van der Waals surface area (Å²) in [5, 5.41) is 0. The highest BCUT2D eigenvalue weighted by molar-refractivity contribution is 9.10. The van der Waals surface area contributed by atoms with Gasteiger partial charge >= 0.3 is 0 Å². The Labute approximate surface area is 168 Å². The number of carbonyl (C=O) groups excluding carboxylic acids is 1. The largest absolute Gasteiger partial charge is 0.322 e. The summed E-state index contributed by atoms with van der Waals surface area (Å²) in [6, 6.07) is 17.6. The van der Waals surface area contributed by atoms with E-state index >= 15 is 0 Å². The van der Waals surface area contributed by atoms with Crippen LogP contribution in [0.1, 0.15) is 36.0 Å². The Hall–Kier alpha value is -1.46. The molecule has 0 saturated heterocycles. The summed E-state index contributed by atoms with van der Waals surface area (Å²) in [6.45, 7) is 1.18. The third-order valence-electron chi connectivity index (χ3n) is 4.20. The van der Waals surface area contributed by atoms with Crippen LogP contribution in [0.15, 0.2) is 64.1 Å². The number of amidine groups is 1. The molecule has 3 rings (SSSR count). The van der Waals surface area contributed by atoms with Crippen LogP contribution in [0.4, 0.5) is 5.69 Å². The summed E-state index contributed by atoms with van der Waals surface area (Å²) in [6.07, 6.45) is 4.40. The van der Waals surface area contributed by atoms with Gasteiger partial charge in [0.05, 0.1) is 6.54 Å². The molecule has 0 fully saturated rings. The molecule has 1 aliphatic heterocycles.